The van der Waals surface area contributed by atoms with Gasteiger partial charge < -0.3 is 19.7 Å². The number of hydrogen-bond donors (Lipinski definition) is 1. The van der Waals surface area contributed by atoms with Gasteiger partial charge in [-0.3, -0.25) is 0 Å². The lowest BCUT2D eigenvalue weighted by atomic mass is 10.1. The molecule has 1 saturated heterocycles. The number of carbonyl (C=O) groups excluding carboxylic acids is 1. The van der Waals surface area contributed by atoms with Crippen molar-refractivity contribution in [2.24, 2.45) is 0 Å². The Morgan fingerprint density at radius 1 is 1.32 bits per heavy atom. The van der Waals surface area contributed by atoms with Crippen molar-refractivity contribution in [3.8, 4) is 10.9 Å². The van der Waals surface area contributed by atoms with E-state index >= 15 is 0 Å². The minimum absolute atomic E-state index is 0.00182. The van der Waals surface area contributed by atoms with E-state index < -0.39 is 0 Å². The molecule has 0 radical (unpaired) electrons. The van der Waals surface area contributed by atoms with E-state index in [0.717, 1.165) is 28.8 Å². The number of rotatable bonds is 3. The summed E-state index contributed by atoms with van der Waals surface area (Å²) in [6.07, 6.45) is 1.73. The van der Waals surface area contributed by atoms with Crippen LogP contribution in [0.1, 0.15) is 33.6 Å². The molecule has 0 unspecified atom stereocenters. The first kappa shape index (κ1) is 17.8. The number of fused-ring (bicyclic) bond motifs is 1. The van der Waals surface area contributed by atoms with Crippen LogP contribution in [-0.4, -0.2) is 47.8 Å². The predicted molar refractivity (Wildman–Crippen MR) is 99.7 cm³/mol. The Balaban J connectivity index is 1.56. The lowest BCUT2D eigenvalue weighted by Gasteiger charge is -2.33. The van der Waals surface area contributed by atoms with Gasteiger partial charge in [0.1, 0.15) is 11.9 Å². The van der Waals surface area contributed by atoms with E-state index in [1.54, 1.807) is 7.11 Å². The monoisotopic (exact) mass is 363 g/mol. The quantitative estimate of drug-likeness (QED) is 0.904. The summed E-state index contributed by atoms with van der Waals surface area (Å²) in [4.78, 5) is 18.6. The molecule has 2 aromatic rings. The first-order valence-corrected chi connectivity index (χ1v) is 9.34. The fourth-order valence-electron chi connectivity index (χ4n) is 2.78. The molecule has 1 aliphatic rings. The Hall–Kier alpha value is -2.02. The van der Waals surface area contributed by atoms with Crippen LogP contribution >= 0.6 is 11.3 Å². The molecule has 2 heterocycles. The number of aromatic nitrogens is 1. The number of nitrogens with zero attached hydrogens (tertiary/aromatic N) is 2. The molecule has 0 atom stereocenters. The van der Waals surface area contributed by atoms with Gasteiger partial charge in [-0.1, -0.05) is 11.3 Å². The fourth-order valence-corrected chi connectivity index (χ4v) is 3.69. The lowest BCUT2D eigenvalue weighted by Crippen LogP contribution is -2.51. The normalized spacial score (nSPS) is 16.1. The minimum Gasteiger partial charge on any atom is -0.497 e. The average Bonchev–Trinajstić information content (AvgIpc) is 2.95. The summed E-state index contributed by atoms with van der Waals surface area (Å²) >= 11 is 1.53. The third-order valence-corrected chi connectivity index (χ3v) is 4.96. The van der Waals surface area contributed by atoms with Gasteiger partial charge in [-0.05, 0) is 39.0 Å². The Kier molecular flexibility index (Phi) is 5.03. The molecule has 25 heavy (non-hydrogen) atoms. The Bertz CT molecular complexity index is 746. The van der Waals surface area contributed by atoms with E-state index in [1.807, 2.05) is 43.9 Å². The molecule has 1 aliphatic heterocycles. The van der Waals surface area contributed by atoms with Gasteiger partial charge in [0.25, 0.3) is 5.19 Å². The molecule has 136 valence electrons. The third-order valence-electron chi connectivity index (χ3n) is 4.05. The first-order chi connectivity index (χ1) is 11.8. The summed E-state index contributed by atoms with van der Waals surface area (Å²) < 4.78 is 12.3. The van der Waals surface area contributed by atoms with E-state index in [9.17, 15) is 4.79 Å². The van der Waals surface area contributed by atoms with Gasteiger partial charge in [0.05, 0.1) is 17.3 Å². The molecule has 3 rings (SSSR count). The first-order valence-electron chi connectivity index (χ1n) is 8.52. The maximum atomic E-state index is 12.2. The largest absolute Gasteiger partial charge is 0.497 e. The van der Waals surface area contributed by atoms with Crippen molar-refractivity contribution in [3.05, 3.63) is 18.2 Å². The minimum atomic E-state index is -0.216. The van der Waals surface area contributed by atoms with Gasteiger partial charge in [-0.25, -0.2) is 9.78 Å². The summed E-state index contributed by atoms with van der Waals surface area (Å²) in [7, 11) is 1.66. The highest BCUT2D eigenvalue weighted by atomic mass is 32.1. The molecule has 0 spiro atoms. The molecular weight excluding hydrogens is 338 g/mol. The maximum absolute atomic E-state index is 12.2. The molecule has 0 bridgehead atoms. The van der Waals surface area contributed by atoms with Gasteiger partial charge in [0.15, 0.2) is 0 Å². The van der Waals surface area contributed by atoms with Crippen molar-refractivity contribution in [1.82, 2.24) is 15.2 Å². The van der Waals surface area contributed by atoms with Crippen LogP contribution in [-0.2, 0) is 0 Å². The number of urea groups is 1. The van der Waals surface area contributed by atoms with Gasteiger partial charge in [0.2, 0.25) is 0 Å². The molecule has 1 aromatic heterocycles. The number of benzene rings is 1. The SMILES string of the molecule is COc1ccc2nc(OC3CCN(C(=O)NC(C)(C)C)CC3)sc2c1. The number of amides is 2. The summed E-state index contributed by atoms with van der Waals surface area (Å²) in [6.45, 7) is 7.37. The number of hydrogen-bond acceptors (Lipinski definition) is 5. The highest BCUT2D eigenvalue weighted by molar-refractivity contribution is 7.20. The maximum Gasteiger partial charge on any atom is 0.317 e. The predicted octanol–water partition coefficient (Wildman–Crippen LogP) is 3.66. The zero-order valence-electron chi connectivity index (χ0n) is 15.2. The summed E-state index contributed by atoms with van der Waals surface area (Å²) in [5.41, 5.74) is 0.703. The smallest absolute Gasteiger partial charge is 0.317 e. The van der Waals surface area contributed by atoms with E-state index in [-0.39, 0.29) is 17.7 Å². The van der Waals surface area contributed by atoms with E-state index in [2.05, 4.69) is 10.3 Å². The molecule has 2 amide bonds. The Morgan fingerprint density at radius 3 is 2.68 bits per heavy atom. The summed E-state index contributed by atoms with van der Waals surface area (Å²) in [5.74, 6) is 0.820. The van der Waals surface area contributed by atoms with Crippen molar-refractivity contribution in [3.63, 3.8) is 0 Å². The third kappa shape index (κ3) is 4.54. The van der Waals surface area contributed by atoms with Crippen LogP contribution in [0.25, 0.3) is 10.2 Å². The van der Waals surface area contributed by atoms with E-state index in [4.69, 9.17) is 9.47 Å². The van der Waals surface area contributed by atoms with Gasteiger partial charge >= 0.3 is 6.03 Å². The number of methoxy groups -OCH3 is 1. The second kappa shape index (κ2) is 7.07. The van der Waals surface area contributed by atoms with Crippen molar-refractivity contribution in [2.45, 2.75) is 45.3 Å². The molecule has 1 N–H and O–H groups in total. The van der Waals surface area contributed by atoms with E-state index in [1.165, 1.54) is 11.3 Å². The van der Waals surface area contributed by atoms with Crippen molar-refractivity contribution in [2.75, 3.05) is 20.2 Å². The van der Waals surface area contributed by atoms with Crippen LogP contribution in [0.3, 0.4) is 0 Å². The summed E-state index contributed by atoms with van der Waals surface area (Å²) in [6, 6.07) is 5.81. The van der Waals surface area contributed by atoms with Crippen LogP contribution < -0.4 is 14.8 Å². The van der Waals surface area contributed by atoms with Crippen LogP contribution in [0, 0.1) is 0 Å². The number of carbonyl (C=O) groups is 1. The molecular formula is C18H25N3O3S. The number of ether oxygens (including phenoxy) is 2. The summed E-state index contributed by atoms with van der Waals surface area (Å²) in [5, 5.41) is 3.69. The number of piperidine rings is 1. The Morgan fingerprint density at radius 2 is 2.04 bits per heavy atom. The standard InChI is InChI=1S/C18H25N3O3S/c1-18(2,3)20-16(22)21-9-7-12(8-10-21)24-17-19-14-6-5-13(23-4)11-15(14)25-17/h5-6,11-12H,7-10H2,1-4H3,(H,20,22). The molecule has 6 nitrogen and oxygen atoms in total. The molecule has 0 aliphatic carbocycles. The van der Waals surface area contributed by atoms with Crippen LogP contribution in [0.15, 0.2) is 18.2 Å². The van der Waals surface area contributed by atoms with Crippen molar-refractivity contribution >= 4 is 27.6 Å². The molecule has 1 aromatic carbocycles. The number of nitrogens with one attached hydrogen (secondary N) is 1. The number of likely N-dealkylation sites (tertiary alicyclic amines) is 1. The average molecular weight is 363 g/mol. The van der Waals surface area contributed by atoms with Gasteiger partial charge in [0, 0.05) is 31.5 Å². The van der Waals surface area contributed by atoms with Crippen LogP contribution in [0.4, 0.5) is 4.79 Å². The molecule has 1 fully saturated rings. The second-order valence-electron chi connectivity index (χ2n) is 7.30. The van der Waals surface area contributed by atoms with Crippen molar-refractivity contribution in [1.29, 1.82) is 0 Å². The van der Waals surface area contributed by atoms with Crippen LogP contribution in [0.2, 0.25) is 0 Å². The highest BCUT2D eigenvalue weighted by Gasteiger charge is 2.26. The zero-order valence-corrected chi connectivity index (χ0v) is 16.0. The molecule has 7 heteroatoms. The Labute approximate surface area is 152 Å². The fraction of sp³-hybridized carbons (Fsp3) is 0.556. The van der Waals surface area contributed by atoms with Crippen LogP contribution in [0.5, 0.6) is 10.9 Å². The van der Waals surface area contributed by atoms with Gasteiger partial charge in [-0.15, -0.1) is 0 Å². The lowest BCUT2D eigenvalue weighted by molar-refractivity contribution is 0.108. The highest BCUT2D eigenvalue weighted by Crippen LogP contribution is 2.32. The van der Waals surface area contributed by atoms with Gasteiger partial charge in [-0.2, -0.15) is 0 Å². The molecule has 0 saturated carbocycles. The zero-order chi connectivity index (χ0) is 18.0. The van der Waals surface area contributed by atoms with Crippen molar-refractivity contribution < 1.29 is 14.3 Å². The van der Waals surface area contributed by atoms with E-state index in [0.29, 0.717) is 18.3 Å². The number of thiazole rings is 1. The second-order valence-corrected chi connectivity index (χ2v) is 8.29. The topological polar surface area (TPSA) is 63.7 Å².